The van der Waals surface area contributed by atoms with Gasteiger partial charge in [0.15, 0.2) is 0 Å². The Kier molecular flexibility index (Phi) is 4.12. The minimum absolute atomic E-state index is 0.455. The molecular formula is C16H18N6S. The highest BCUT2D eigenvalue weighted by molar-refractivity contribution is 7.00. The van der Waals surface area contributed by atoms with Crippen LogP contribution >= 0.6 is 11.7 Å². The zero-order valence-corrected chi connectivity index (χ0v) is 13.5. The number of aromatic nitrogens is 4. The van der Waals surface area contributed by atoms with Gasteiger partial charge in [-0.2, -0.15) is 8.75 Å². The van der Waals surface area contributed by atoms with Crippen molar-refractivity contribution in [2.45, 2.75) is 25.4 Å². The van der Waals surface area contributed by atoms with Crippen molar-refractivity contribution < 1.29 is 0 Å². The number of piperidine rings is 1. The van der Waals surface area contributed by atoms with E-state index < -0.39 is 0 Å². The van der Waals surface area contributed by atoms with Crippen molar-refractivity contribution in [3.8, 4) is 0 Å². The summed E-state index contributed by atoms with van der Waals surface area (Å²) >= 11 is 1.26. The predicted molar refractivity (Wildman–Crippen MR) is 91.5 cm³/mol. The van der Waals surface area contributed by atoms with Crippen LogP contribution in [-0.2, 0) is 6.54 Å². The Hall–Kier alpha value is -2.12. The highest BCUT2D eigenvalue weighted by atomic mass is 32.1. The standard InChI is InChI=1S/C16H18N6S/c1-3-13(11-22(8-1)16-17-6-2-7-18-16)19-10-12-4-5-14-15(9-12)21-23-20-14/h2,4-7,9,13,19H,1,3,8,10-11H2. The summed E-state index contributed by atoms with van der Waals surface area (Å²) in [7, 11) is 0. The molecule has 1 aliphatic heterocycles. The predicted octanol–water partition coefficient (Wildman–Crippen LogP) is 2.24. The first-order valence-electron chi connectivity index (χ1n) is 7.85. The van der Waals surface area contributed by atoms with E-state index in [1.165, 1.54) is 23.7 Å². The van der Waals surface area contributed by atoms with Crippen molar-refractivity contribution in [3.63, 3.8) is 0 Å². The number of benzene rings is 1. The van der Waals surface area contributed by atoms with Gasteiger partial charge in [0.05, 0.1) is 11.7 Å². The molecule has 1 atom stereocenters. The third kappa shape index (κ3) is 3.30. The SMILES string of the molecule is c1cnc(N2CCCC(NCc3ccc4nsnc4c3)C2)nc1. The van der Waals surface area contributed by atoms with Crippen molar-refractivity contribution in [3.05, 3.63) is 42.2 Å². The molecule has 0 aliphatic carbocycles. The summed E-state index contributed by atoms with van der Waals surface area (Å²) in [6.07, 6.45) is 5.95. The molecule has 0 bridgehead atoms. The van der Waals surface area contributed by atoms with Crippen molar-refractivity contribution in [1.82, 2.24) is 24.0 Å². The van der Waals surface area contributed by atoms with Crippen molar-refractivity contribution in [2.75, 3.05) is 18.0 Å². The van der Waals surface area contributed by atoms with E-state index in [9.17, 15) is 0 Å². The largest absolute Gasteiger partial charge is 0.339 e. The lowest BCUT2D eigenvalue weighted by atomic mass is 10.1. The number of fused-ring (bicyclic) bond motifs is 1. The quantitative estimate of drug-likeness (QED) is 0.793. The number of nitrogens with one attached hydrogen (secondary N) is 1. The fraction of sp³-hybridized carbons (Fsp3) is 0.375. The molecule has 2 aromatic heterocycles. The fourth-order valence-corrected chi connectivity index (χ4v) is 3.50. The first-order chi connectivity index (χ1) is 11.4. The topological polar surface area (TPSA) is 66.8 Å². The van der Waals surface area contributed by atoms with Crippen LogP contribution in [0.1, 0.15) is 18.4 Å². The maximum absolute atomic E-state index is 4.36. The maximum Gasteiger partial charge on any atom is 0.225 e. The van der Waals surface area contributed by atoms with E-state index >= 15 is 0 Å². The van der Waals surface area contributed by atoms with Crippen LogP contribution in [0.5, 0.6) is 0 Å². The van der Waals surface area contributed by atoms with Gasteiger partial charge in [0.1, 0.15) is 11.0 Å². The van der Waals surface area contributed by atoms with Crippen LogP contribution in [0.25, 0.3) is 11.0 Å². The molecule has 3 aromatic rings. The average Bonchev–Trinajstić information content (AvgIpc) is 3.09. The van der Waals surface area contributed by atoms with Crippen LogP contribution in [0, 0.1) is 0 Å². The molecule has 0 spiro atoms. The Morgan fingerprint density at radius 1 is 1.17 bits per heavy atom. The molecule has 0 amide bonds. The molecule has 0 saturated carbocycles. The second-order valence-electron chi connectivity index (χ2n) is 5.80. The molecule has 23 heavy (non-hydrogen) atoms. The number of anilines is 1. The van der Waals surface area contributed by atoms with Gasteiger partial charge in [-0.05, 0) is 36.6 Å². The van der Waals surface area contributed by atoms with Gasteiger partial charge in [0.25, 0.3) is 0 Å². The van der Waals surface area contributed by atoms with Crippen LogP contribution in [0.4, 0.5) is 5.95 Å². The van der Waals surface area contributed by atoms with Crippen molar-refractivity contribution >= 4 is 28.7 Å². The molecule has 0 radical (unpaired) electrons. The number of nitrogens with zero attached hydrogens (tertiary/aromatic N) is 5. The Morgan fingerprint density at radius 2 is 2.04 bits per heavy atom. The van der Waals surface area contributed by atoms with Gasteiger partial charge >= 0.3 is 0 Å². The number of rotatable bonds is 4. The van der Waals surface area contributed by atoms with E-state index in [1.807, 2.05) is 12.1 Å². The summed E-state index contributed by atoms with van der Waals surface area (Å²) in [6, 6.07) is 8.59. The van der Waals surface area contributed by atoms with E-state index in [0.29, 0.717) is 6.04 Å². The molecular weight excluding hydrogens is 308 g/mol. The molecule has 1 unspecified atom stereocenters. The van der Waals surface area contributed by atoms with E-state index in [-0.39, 0.29) is 0 Å². The zero-order valence-electron chi connectivity index (χ0n) is 12.7. The Morgan fingerprint density at radius 3 is 2.96 bits per heavy atom. The molecule has 7 heteroatoms. The summed E-state index contributed by atoms with van der Waals surface area (Å²) < 4.78 is 8.55. The lowest BCUT2D eigenvalue weighted by Crippen LogP contribution is -2.46. The smallest absolute Gasteiger partial charge is 0.225 e. The molecule has 1 fully saturated rings. The van der Waals surface area contributed by atoms with E-state index in [1.54, 1.807) is 12.4 Å². The Labute approximate surface area is 138 Å². The monoisotopic (exact) mass is 326 g/mol. The molecule has 118 valence electrons. The summed E-state index contributed by atoms with van der Waals surface area (Å²) in [5, 5.41) is 3.65. The van der Waals surface area contributed by atoms with E-state index in [2.05, 4.69) is 41.1 Å². The highest BCUT2D eigenvalue weighted by Gasteiger charge is 2.21. The van der Waals surface area contributed by atoms with Crippen molar-refractivity contribution in [2.24, 2.45) is 0 Å². The second kappa shape index (κ2) is 6.55. The van der Waals surface area contributed by atoms with Crippen LogP contribution < -0.4 is 10.2 Å². The van der Waals surface area contributed by atoms with Gasteiger partial charge < -0.3 is 10.2 Å². The molecule has 1 saturated heterocycles. The first kappa shape index (κ1) is 14.5. The molecule has 1 N–H and O–H groups in total. The molecule has 6 nitrogen and oxygen atoms in total. The lowest BCUT2D eigenvalue weighted by Gasteiger charge is -2.33. The van der Waals surface area contributed by atoms with Crippen LogP contribution in [-0.4, -0.2) is 37.8 Å². The fourth-order valence-electron chi connectivity index (χ4n) is 2.98. The van der Waals surface area contributed by atoms with Gasteiger partial charge in [0, 0.05) is 38.1 Å². The van der Waals surface area contributed by atoms with Crippen LogP contribution in [0.3, 0.4) is 0 Å². The molecule has 1 aromatic carbocycles. The lowest BCUT2D eigenvalue weighted by molar-refractivity contribution is 0.418. The van der Waals surface area contributed by atoms with E-state index in [0.717, 1.165) is 43.0 Å². The zero-order chi connectivity index (χ0) is 15.5. The summed E-state index contributed by atoms with van der Waals surface area (Å²) in [5.74, 6) is 0.828. The maximum atomic E-state index is 4.36. The average molecular weight is 326 g/mol. The highest BCUT2D eigenvalue weighted by Crippen LogP contribution is 2.17. The van der Waals surface area contributed by atoms with Gasteiger partial charge in [-0.1, -0.05) is 6.07 Å². The number of hydrogen-bond acceptors (Lipinski definition) is 7. The molecule has 4 rings (SSSR count). The van der Waals surface area contributed by atoms with E-state index in [4.69, 9.17) is 0 Å². The summed E-state index contributed by atoms with van der Waals surface area (Å²) in [5.41, 5.74) is 3.21. The second-order valence-corrected chi connectivity index (χ2v) is 6.33. The minimum Gasteiger partial charge on any atom is -0.339 e. The Balaban J connectivity index is 1.38. The number of hydrogen-bond donors (Lipinski definition) is 1. The minimum atomic E-state index is 0.455. The van der Waals surface area contributed by atoms with Crippen LogP contribution in [0.2, 0.25) is 0 Å². The third-order valence-corrected chi connectivity index (χ3v) is 4.73. The normalized spacial score (nSPS) is 18.4. The van der Waals surface area contributed by atoms with Gasteiger partial charge in [-0.15, -0.1) is 0 Å². The third-order valence-electron chi connectivity index (χ3n) is 4.17. The van der Waals surface area contributed by atoms with Gasteiger partial charge in [-0.3, -0.25) is 0 Å². The van der Waals surface area contributed by atoms with Crippen LogP contribution in [0.15, 0.2) is 36.7 Å². The first-order valence-corrected chi connectivity index (χ1v) is 8.58. The van der Waals surface area contributed by atoms with Gasteiger partial charge in [0.2, 0.25) is 5.95 Å². The summed E-state index contributed by atoms with van der Waals surface area (Å²) in [6.45, 7) is 2.82. The Bertz CT molecular complexity index is 774. The molecule has 3 heterocycles. The van der Waals surface area contributed by atoms with Gasteiger partial charge in [-0.25, -0.2) is 9.97 Å². The van der Waals surface area contributed by atoms with Crippen molar-refractivity contribution in [1.29, 1.82) is 0 Å². The molecule has 1 aliphatic rings. The summed E-state index contributed by atoms with van der Waals surface area (Å²) in [4.78, 5) is 11.0.